The number of carbonyl (C=O) groups is 1. The molecule has 0 atom stereocenters. The van der Waals surface area contributed by atoms with Crippen molar-refractivity contribution < 1.29 is 9.53 Å². The van der Waals surface area contributed by atoms with Crippen molar-refractivity contribution in [1.29, 1.82) is 0 Å². The topological polar surface area (TPSA) is 44.8 Å². The van der Waals surface area contributed by atoms with E-state index < -0.39 is 0 Å². The number of ether oxygens (including phenoxy) is 1. The molecule has 1 aliphatic carbocycles. The SMILES string of the molecule is CCc1cccc(N2CCN(CC[C@H]3CC[C@H](NC(=O)CCCOC)CC3)CC2)c1. The van der Waals surface area contributed by atoms with Gasteiger partial charge in [-0.1, -0.05) is 19.1 Å². The van der Waals surface area contributed by atoms with Gasteiger partial charge in [-0.15, -0.1) is 0 Å². The second-order valence-corrected chi connectivity index (χ2v) is 9.02. The van der Waals surface area contributed by atoms with Gasteiger partial charge in [0, 0.05) is 58.0 Å². The van der Waals surface area contributed by atoms with E-state index in [0.717, 1.165) is 44.7 Å². The van der Waals surface area contributed by atoms with Crippen molar-refractivity contribution in [3.05, 3.63) is 29.8 Å². The number of rotatable bonds is 10. The molecule has 3 rings (SSSR count). The lowest BCUT2D eigenvalue weighted by molar-refractivity contribution is -0.122. The summed E-state index contributed by atoms with van der Waals surface area (Å²) in [6.45, 7) is 8.72. The number of anilines is 1. The zero-order valence-electron chi connectivity index (χ0n) is 19.1. The molecule has 1 aromatic rings. The lowest BCUT2D eigenvalue weighted by Gasteiger charge is -2.37. The third-order valence-corrected chi connectivity index (χ3v) is 6.87. The van der Waals surface area contributed by atoms with E-state index in [1.54, 1.807) is 7.11 Å². The third kappa shape index (κ3) is 7.28. The average Bonchev–Trinajstić information content (AvgIpc) is 2.79. The number of nitrogens with one attached hydrogen (secondary N) is 1. The van der Waals surface area contributed by atoms with Crippen LogP contribution < -0.4 is 10.2 Å². The zero-order valence-corrected chi connectivity index (χ0v) is 19.1. The molecule has 2 fully saturated rings. The van der Waals surface area contributed by atoms with Gasteiger partial charge in [-0.05, 0) is 75.1 Å². The van der Waals surface area contributed by atoms with Crippen molar-refractivity contribution in [3.8, 4) is 0 Å². The maximum absolute atomic E-state index is 12.0. The Morgan fingerprint density at radius 1 is 1.13 bits per heavy atom. The molecular weight excluding hydrogens is 374 g/mol. The quantitative estimate of drug-likeness (QED) is 0.590. The molecule has 0 radical (unpaired) electrons. The van der Waals surface area contributed by atoms with Crippen molar-refractivity contribution in [2.75, 3.05) is 51.3 Å². The highest BCUT2D eigenvalue weighted by Gasteiger charge is 2.24. The number of nitrogens with zero attached hydrogens (tertiary/aromatic N) is 2. The van der Waals surface area contributed by atoms with Crippen LogP contribution in [0, 0.1) is 5.92 Å². The van der Waals surface area contributed by atoms with E-state index >= 15 is 0 Å². The first-order valence-electron chi connectivity index (χ1n) is 12.0. The lowest BCUT2D eigenvalue weighted by Crippen LogP contribution is -2.47. The number of hydrogen-bond acceptors (Lipinski definition) is 4. The van der Waals surface area contributed by atoms with E-state index in [4.69, 9.17) is 4.74 Å². The zero-order chi connectivity index (χ0) is 21.2. The summed E-state index contributed by atoms with van der Waals surface area (Å²) < 4.78 is 5.02. The minimum atomic E-state index is 0.192. The van der Waals surface area contributed by atoms with Crippen molar-refractivity contribution in [2.45, 2.75) is 64.3 Å². The molecule has 0 spiro atoms. The summed E-state index contributed by atoms with van der Waals surface area (Å²) in [5, 5.41) is 3.22. The molecule has 1 saturated carbocycles. The number of aryl methyl sites for hydroxylation is 1. The fourth-order valence-corrected chi connectivity index (χ4v) is 4.84. The van der Waals surface area contributed by atoms with E-state index in [1.807, 2.05) is 0 Å². The number of methoxy groups -OCH3 is 1. The van der Waals surface area contributed by atoms with Crippen LogP contribution in [0.15, 0.2) is 24.3 Å². The Bertz CT molecular complexity index is 635. The normalized spacial score (nSPS) is 22.8. The number of hydrogen-bond donors (Lipinski definition) is 1. The van der Waals surface area contributed by atoms with Gasteiger partial charge in [-0.25, -0.2) is 0 Å². The van der Waals surface area contributed by atoms with Gasteiger partial charge in [0.15, 0.2) is 0 Å². The van der Waals surface area contributed by atoms with Gasteiger partial charge in [0.25, 0.3) is 0 Å². The Balaban J connectivity index is 1.30. The second-order valence-electron chi connectivity index (χ2n) is 9.02. The molecule has 30 heavy (non-hydrogen) atoms. The third-order valence-electron chi connectivity index (χ3n) is 6.87. The van der Waals surface area contributed by atoms with Gasteiger partial charge in [-0.3, -0.25) is 9.69 Å². The largest absolute Gasteiger partial charge is 0.385 e. The van der Waals surface area contributed by atoms with Gasteiger partial charge in [0.2, 0.25) is 5.91 Å². The van der Waals surface area contributed by atoms with Crippen LogP contribution in [-0.2, 0) is 16.0 Å². The van der Waals surface area contributed by atoms with Crippen molar-refractivity contribution in [1.82, 2.24) is 10.2 Å². The monoisotopic (exact) mass is 415 g/mol. The summed E-state index contributed by atoms with van der Waals surface area (Å²) >= 11 is 0. The summed E-state index contributed by atoms with van der Waals surface area (Å²) in [6.07, 6.45) is 8.61. The van der Waals surface area contributed by atoms with Crippen LogP contribution in [0.1, 0.15) is 57.4 Å². The van der Waals surface area contributed by atoms with Crippen molar-refractivity contribution >= 4 is 11.6 Å². The van der Waals surface area contributed by atoms with Crippen LogP contribution in [0.25, 0.3) is 0 Å². The Hall–Kier alpha value is -1.59. The molecule has 0 bridgehead atoms. The molecule has 5 nitrogen and oxygen atoms in total. The Labute approximate surface area is 183 Å². The van der Waals surface area contributed by atoms with Crippen molar-refractivity contribution in [2.24, 2.45) is 5.92 Å². The second kappa shape index (κ2) is 12.3. The number of piperazine rings is 1. The summed E-state index contributed by atoms with van der Waals surface area (Å²) in [4.78, 5) is 17.2. The molecule has 1 aliphatic heterocycles. The van der Waals surface area contributed by atoms with E-state index in [1.165, 1.54) is 50.1 Å². The maximum Gasteiger partial charge on any atom is 0.220 e. The molecule has 0 unspecified atom stereocenters. The standard InChI is InChI=1S/C25H41N3O2/c1-3-21-6-4-7-24(20-21)28-17-15-27(16-18-28)14-13-22-9-11-23(12-10-22)26-25(29)8-5-19-30-2/h4,6-7,20,22-23H,3,5,8-19H2,1-2H3,(H,26,29)/t22-,23-. The predicted octanol–water partition coefficient (Wildman–Crippen LogP) is 3.86. The van der Waals surface area contributed by atoms with Crippen LogP contribution >= 0.6 is 0 Å². The lowest BCUT2D eigenvalue weighted by atomic mass is 9.84. The molecule has 168 valence electrons. The predicted molar refractivity (Wildman–Crippen MR) is 124 cm³/mol. The highest BCUT2D eigenvalue weighted by atomic mass is 16.5. The molecule has 1 aromatic carbocycles. The van der Waals surface area contributed by atoms with Crippen LogP contribution in [0.2, 0.25) is 0 Å². The number of benzene rings is 1. The van der Waals surface area contributed by atoms with Gasteiger partial charge < -0.3 is 15.0 Å². The fourth-order valence-electron chi connectivity index (χ4n) is 4.84. The first-order chi connectivity index (χ1) is 14.7. The molecule has 1 amide bonds. The van der Waals surface area contributed by atoms with E-state index in [9.17, 15) is 4.79 Å². The highest BCUT2D eigenvalue weighted by molar-refractivity contribution is 5.76. The fraction of sp³-hybridized carbons (Fsp3) is 0.720. The van der Waals surface area contributed by atoms with E-state index in [0.29, 0.717) is 19.1 Å². The molecule has 1 N–H and O–H groups in total. The maximum atomic E-state index is 12.0. The van der Waals surface area contributed by atoms with Gasteiger partial charge in [0.05, 0.1) is 0 Å². The van der Waals surface area contributed by atoms with Crippen LogP contribution in [-0.4, -0.2) is 63.3 Å². The molecule has 1 saturated heterocycles. The van der Waals surface area contributed by atoms with Gasteiger partial charge in [0.1, 0.15) is 0 Å². The molecule has 2 aliphatic rings. The first kappa shape index (κ1) is 23.1. The van der Waals surface area contributed by atoms with Crippen molar-refractivity contribution in [3.63, 3.8) is 0 Å². The summed E-state index contributed by atoms with van der Waals surface area (Å²) in [7, 11) is 1.68. The molecule has 5 heteroatoms. The van der Waals surface area contributed by atoms with Crippen LogP contribution in [0.4, 0.5) is 5.69 Å². The van der Waals surface area contributed by atoms with E-state index in [-0.39, 0.29) is 5.91 Å². The molecule has 1 heterocycles. The van der Waals surface area contributed by atoms with Gasteiger partial charge in [-0.2, -0.15) is 0 Å². The first-order valence-corrected chi connectivity index (χ1v) is 12.0. The van der Waals surface area contributed by atoms with Crippen LogP contribution in [0.5, 0.6) is 0 Å². The summed E-state index contributed by atoms with van der Waals surface area (Å²) in [5.41, 5.74) is 2.81. The Morgan fingerprint density at radius 3 is 2.60 bits per heavy atom. The number of carbonyl (C=O) groups excluding carboxylic acids is 1. The molecule has 0 aromatic heterocycles. The highest BCUT2D eigenvalue weighted by Crippen LogP contribution is 2.27. The Kier molecular flexibility index (Phi) is 9.47. The minimum Gasteiger partial charge on any atom is -0.385 e. The smallest absolute Gasteiger partial charge is 0.220 e. The van der Waals surface area contributed by atoms with Gasteiger partial charge >= 0.3 is 0 Å². The minimum absolute atomic E-state index is 0.192. The number of amides is 1. The van der Waals surface area contributed by atoms with E-state index in [2.05, 4.69) is 46.3 Å². The average molecular weight is 416 g/mol. The summed E-state index contributed by atoms with van der Waals surface area (Å²) in [6, 6.07) is 9.41. The molecular formula is C25H41N3O2. The van der Waals surface area contributed by atoms with Crippen LogP contribution in [0.3, 0.4) is 0 Å². The Morgan fingerprint density at radius 2 is 1.90 bits per heavy atom. The summed E-state index contributed by atoms with van der Waals surface area (Å²) in [5.74, 6) is 1.02.